The zero-order valence-corrected chi connectivity index (χ0v) is 9.64. The first-order valence-corrected chi connectivity index (χ1v) is 5.07. The molecule has 0 fully saturated rings. The second-order valence-corrected chi connectivity index (χ2v) is 3.68. The first-order chi connectivity index (χ1) is 7.49. The number of carbonyl (C=O) groups is 1. The maximum Gasteiger partial charge on any atom is 0.405 e. The van der Waals surface area contributed by atoms with Crippen molar-refractivity contribution in [2.45, 2.75) is 33.0 Å². The molecule has 0 aliphatic rings. The van der Waals surface area contributed by atoms with Crippen LogP contribution in [0, 0.1) is 0 Å². The smallest absolute Gasteiger partial charge is 0.405 e. The fourth-order valence-electron chi connectivity index (χ4n) is 1.19. The van der Waals surface area contributed by atoms with Crippen LogP contribution in [0.15, 0.2) is 18.3 Å². The summed E-state index contributed by atoms with van der Waals surface area (Å²) in [6.45, 7) is 5.58. The van der Waals surface area contributed by atoms with E-state index in [1.54, 1.807) is 25.3 Å². The van der Waals surface area contributed by atoms with E-state index < -0.39 is 12.2 Å². The van der Waals surface area contributed by atoms with Crippen molar-refractivity contribution in [2.24, 2.45) is 5.73 Å². The Morgan fingerprint density at radius 2 is 2.06 bits per heavy atom. The number of hydrogen-bond acceptors (Lipinski definition) is 4. The Morgan fingerprint density at radius 1 is 1.38 bits per heavy atom. The van der Waals surface area contributed by atoms with Crippen molar-refractivity contribution < 1.29 is 14.3 Å². The molecule has 0 aliphatic heterocycles. The number of amides is 1. The molecular formula is C11H16N2O3. The summed E-state index contributed by atoms with van der Waals surface area (Å²) in [5, 5.41) is 0. The van der Waals surface area contributed by atoms with E-state index >= 15 is 0 Å². The number of rotatable bonds is 4. The monoisotopic (exact) mass is 224 g/mol. The van der Waals surface area contributed by atoms with Crippen LogP contribution in [-0.4, -0.2) is 17.2 Å². The van der Waals surface area contributed by atoms with Gasteiger partial charge in [0.25, 0.3) is 0 Å². The molecule has 0 unspecified atom stereocenters. The lowest BCUT2D eigenvalue weighted by atomic mass is 10.2. The predicted molar refractivity (Wildman–Crippen MR) is 59.1 cm³/mol. The van der Waals surface area contributed by atoms with Crippen LogP contribution in [0.3, 0.4) is 0 Å². The summed E-state index contributed by atoms with van der Waals surface area (Å²) in [5.41, 5.74) is 5.69. The van der Waals surface area contributed by atoms with Gasteiger partial charge in [-0.1, -0.05) is 0 Å². The molecule has 16 heavy (non-hydrogen) atoms. The quantitative estimate of drug-likeness (QED) is 0.849. The maximum atomic E-state index is 10.6. The number of pyridine rings is 1. The highest BCUT2D eigenvalue weighted by atomic mass is 16.6. The summed E-state index contributed by atoms with van der Waals surface area (Å²) in [7, 11) is 0. The van der Waals surface area contributed by atoms with Gasteiger partial charge in [0, 0.05) is 17.8 Å². The fourth-order valence-corrected chi connectivity index (χ4v) is 1.19. The molecule has 0 bridgehead atoms. The van der Waals surface area contributed by atoms with Gasteiger partial charge >= 0.3 is 6.09 Å². The molecule has 5 nitrogen and oxygen atoms in total. The number of hydrogen-bond donors (Lipinski definition) is 1. The van der Waals surface area contributed by atoms with E-state index in [1.165, 1.54) is 0 Å². The van der Waals surface area contributed by atoms with Crippen molar-refractivity contribution in [1.29, 1.82) is 0 Å². The molecule has 1 atom stereocenters. The largest absolute Gasteiger partial charge is 0.475 e. The third kappa shape index (κ3) is 3.76. The number of primary amides is 1. The lowest BCUT2D eigenvalue weighted by Crippen LogP contribution is -2.15. The van der Waals surface area contributed by atoms with Gasteiger partial charge in [-0.2, -0.15) is 0 Å². The van der Waals surface area contributed by atoms with Crippen LogP contribution >= 0.6 is 0 Å². The Morgan fingerprint density at radius 3 is 2.50 bits per heavy atom. The van der Waals surface area contributed by atoms with Gasteiger partial charge in [0.2, 0.25) is 5.88 Å². The first-order valence-electron chi connectivity index (χ1n) is 5.07. The van der Waals surface area contributed by atoms with Crippen molar-refractivity contribution in [3.8, 4) is 5.88 Å². The van der Waals surface area contributed by atoms with Gasteiger partial charge in [-0.15, -0.1) is 0 Å². The molecule has 0 aromatic carbocycles. The summed E-state index contributed by atoms with van der Waals surface area (Å²) in [4.78, 5) is 14.6. The summed E-state index contributed by atoms with van der Waals surface area (Å²) in [6, 6.07) is 3.52. The molecule has 0 aliphatic carbocycles. The van der Waals surface area contributed by atoms with Crippen molar-refractivity contribution in [3.63, 3.8) is 0 Å². The highest BCUT2D eigenvalue weighted by molar-refractivity contribution is 5.64. The van der Waals surface area contributed by atoms with Crippen LogP contribution < -0.4 is 10.5 Å². The van der Waals surface area contributed by atoms with E-state index in [2.05, 4.69) is 4.98 Å². The highest BCUT2D eigenvalue weighted by Gasteiger charge is 2.09. The summed E-state index contributed by atoms with van der Waals surface area (Å²) in [5.74, 6) is 0.546. The van der Waals surface area contributed by atoms with Crippen LogP contribution in [0.1, 0.15) is 32.4 Å². The molecule has 0 saturated carbocycles. The fraction of sp³-hybridized carbons (Fsp3) is 0.455. The van der Waals surface area contributed by atoms with E-state index in [4.69, 9.17) is 15.2 Å². The molecule has 1 aromatic rings. The average Bonchev–Trinajstić information content (AvgIpc) is 2.16. The zero-order chi connectivity index (χ0) is 12.1. The summed E-state index contributed by atoms with van der Waals surface area (Å²) in [6.07, 6.45) is 0.483. The van der Waals surface area contributed by atoms with Crippen molar-refractivity contribution in [3.05, 3.63) is 23.9 Å². The minimum Gasteiger partial charge on any atom is -0.475 e. The SMILES string of the molecule is CC(C)Oc1ccc([C@H](C)OC(N)=O)cn1. The van der Waals surface area contributed by atoms with Crippen LogP contribution in [0.25, 0.3) is 0 Å². The van der Waals surface area contributed by atoms with E-state index in [-0.39, 0.29) is 6.10 Å². The molecular weight excluding hydrogens is 208 g/mol. The molecule has 1 heterocycles. The standard InChI is InChI=1S/C11H16N2O3/c1-7(2)15-10-5-4-9(6-13-10)8(3)16-11(12)14/h4-8H,1-3H3,(H2,12,14)/t8-/m0/s1. The van der Waals surface area contributed by atoms with Crippen LogP contribution in [0.2, 0.25) is 0 Å². The number of ether oxygens (including phenoxy) is 2. The average molecular weight is 224 g/mol. The molecule has 0 spiro atoms. The number of aromatic nitrogens is 1. The van der Waals surface area contributed by atoms with Gasteiger partial charge in [0.15, 0.2) is 0 Å². The van der Waals surface area contributed by atoms with Crippen LogP contribution in [0.5, 0.6) is 5.88 Å². The highest BCUT2D eigenvalue weighted by Crippen LogP contribution is 2.18. The molecule has 1 rings (SSSR count). The van der Waals surface area contributed by atoms with Crippen LogP contribution in [-0.2, 0) is 4.74 Å². The Labute approximate surface area is 94.6 Å². The van der Waals surface area contributed by atoms with Crippen molar-refractivity contribution in [2.75, 3.05) is 0 Å². The topological polar surface area (TPSA) is 74.4 Å². The van der Waals surface area contributed by atoms with E-state index in [1.807, 2.05) is 13.8 Å². The minimum atomic E-state index is -0.796. The predicted octanol–water partition coefficient (Wildman–Crippen LogP) is 2.03. The Bertz CT molecular complexity index is 349. The Balaban J connectivity index is 2.66. The molecule has 5 heteroatoms. The third-order valence-electron chi connectivity index (χ3n) is 1.88. The summed E-state index contributed by atoms with van der Waals surface area (Å²) >= 11 is 0. The van der Waals surface area contributed by atoms with Gasteiger partial charge in [-0.25, -0.2) is 9.78 Å². The van der Waals surface area contributed by atoms with E-state index in [0.717, 1.165) is 5.56 Å². The molecule has 2 N–H and O–H groups in total. The first kappa shape index (κ1) is 12.3. The number of nitrogens with zero attached hydrogens (tertiary/aromatic N) is 1. The van der Waals surface area contributed by atoms with Crippen molar-refractivity contribution >= 4 is 6.09 Å². The van der Waals surface area contributed by atoms with Gasteiger partial charge in [-0.05, 0) is 26.8 Å². The Hall–Kier alpha value is -1.78. The lowest BCUT2D eigenvalue weighted by Gasteiger charge is -2.12. The van der Waals surface area contributed by atoms with Crippen molar-refractivity contribution in [1.82, 2.24) is 4.98 Å². The van der Waals surface area contributed by atoms with Gasteiger partial charge in [-0.3, -0.25) is 0 Å². The molecule has 0 saturated heterocycles. The third-order valence-corrected chi connectivity index (χ3v) is 1.88. The lowest BCUT2D eigenvalue weighted by molar-refractivity contribution is 0.116. The second kappa shape index (κ2) is 5.34. The Kier molecular flexibility index (Phi) is 4.10. The van der Waals surface area contributed by atoms with E-state index in [9.17, 15) is 4.79 Å². The van der Waals surface area contributed by atoms with Crippen LogP contribution in [0.4, 0.5) is 4.79 Å². The normalized spacial score (nSPS) is 12.2. The number of nitrogens with two attached hydrogens (primary N) is 1. The number of carbonyl (C=O) groups excluding carboxylic acids is 1. The van der Waals surface area contributed by atoms with E-state index in [0.29, 0.717) is 5.88 Å². The van der Waals surface area contributed by atoms with Gasteiger partial charge < -0.3 is 15.2 Å². The molecule has 88 valence electrons. The van der Waals surface area contributed by atoms with Gasteiger partial charge in [0.1, 0.15) is 6.10 Å². The minimum absolute atomic E-state index is 0.0812. The summed E-state index contributed by atoms with van der Waals surface area (Å²) < 4.78 is 10.2. The molecule has 1 aromatic heterocycles. The second-order valence-electron chi connectivity index (χ2n) is 3.68. The molecule has 1 amide bonds. The zero-order valence-electron chi connectivity index (χ0n) is 9.64. The van der Waals surface area contributed by atoms with Gasteiger partial charge in [0.05, 0.1) is 6.10 Å². The maximum absolute atomic E-state index is 10.6. The molecule has 0 radical (unpaired) electrons.